The molecule has 26 heavy (non-hydrogen) atoms. The van der Waals surface area contributed by atoms with Gasteiger partial charge >= 0.3 is 0 Å². The molecule has 1 heterocycles. The summed E-state index contributed by atoms with van der Waals surface area (Å²) in [6.45, 7) is 5.68. The van der Waals surface area contributed by atoms with Crippen LogP contribution < -0.4 is 9.62 Å². The van der Waals surface area contributed by atoms with Gasteiger partial charge in [-0.3, -0.25) is 4.72 Å². The molecule has 1 fully saturated rings. The van der Waals surface area contributed by atoms with E-state index in [1.807, 2.05) is 26.0 Å². The number of hydrogen-bond donors (Lipinski definition) is 2. The number of aromatic hydroxyl groups is 1. The first-order valence-corrected chi connectivity index (χ1v) is 10.5. The fourth-order valence-electron chi connectivity index (χ4n) is 3.05. The Morgan fingerprint density at radius 3 is 2.31 bits per heavy atom. The lowest BCUT2D eigenvalue weighted by molar-refractivity contribution is 0.459. The predicted octanol–water partition coefficient (Wildman–Crippen LogP) is 4.72. The minimum Gasteiger partial charge on any atom is -0.505 e. The average Bonchev–Trinajstić information content (AvgIpc) is 3.08. The molecule has 2 aromatic rings. The smallest absolute Gasteiger partial charge is 0.265 e. The van der Waals surface area contributed by atoms with Gasteiger partial charge in [0.2, 0.25) is 0 Å². The van der Waals surface area contributed by atoms with Crippen LogP contribution in [0.15, 0.2) is 29.2 Å². The van der Waals surface area contributed by atoms with Gasteiger partial charge in [-0.1, -0.05) is 23.2 Å². The van der Waals surface area contributed by atoms with Crippen molar-refractivity contribution in [1.82, 2.24) is 0 Å². The molecule has 0 amide bonds. The summed E-state index contributed by atoms with van der Waals surface area (Å²) in [4.78, 5) is 1.82. The van der Waals surface area contributed by atoms with E-state index in [1.165, 1.54) is 12.1 Å². The maximum Gasteiger partial charge on any atom is 0.265 e. The van der Waals surface area contributed by atoms with Gasteiger partial charge in [0.25, 0.3) is 10.0 Å². The molecule has 0 spiro atoms. The molecule has 0 atom stereocenters. The Morgan fingerprint density at radius 2 is 1.65 bits per heavy atom. The standard InChI is InChI=1S/C18H20Cl2N2O3S/c1-11-7-15(16(8-12(11)2)22-5-3-4-6-22)21-26(24,25)17-10-13(19)9-14(20)18(17)23/h7-10,21,23H,3-6H2,1-2H3. The van der Waals surface area contributed by atoms with Crippen molar-refractivity contribution < 1.29 is 13.5 Å². The average molecular weight is 415 g/mol. The normalized spacial score (nSPS) is 14.7. The topological polar surface area (TPSA) is 69.6 Å². The number of nitrogens with zero attached hydrogens (tertiary/aromatic N) is 1. The minimum absolute atomic E-state index is 0.113. The molecule has 1 aliphatic rings. The van der Waals surface area contributed by atoms with Crippen LogP contribution in [0.5, 0.6) is 5.75 Å². The maximum atomic E-state index is 12.9. The van der Waals surface area contributed by atoms with Crippen molar-refractivity contribution in [3.05, 3.63) is 45.4 Å². The molecule has 2 aromatic carbocycles. The molecule has 5 nitrogen and oxygen atoms in total. The van der Waals surface area contributed by atoms with Crippen LogP contribution in [0.4, 0.5) is 11.4 Å². The van der Waals surface area contributed by atoms with Gasteiger partial charge in [-0.25, -0.2) is 8.42 Å². The van der Waals surface area contributed by atoms with Gasteiger partial charge in [-0.15, -0.1) is 0 Å². The lowest BCUT2D eigenvalue weighted by atomic mass is 10.1. The predicted molar refractivity (Wildman–Crippen MR) is 106 cm³/mol. The molecule has 0 aliphatic carbocycles. The number of aryl methyl sites for hydroxylation is 2. The van der Waals surface area contributed by atoms with Crippen molar-refractivity contribution in [1.29, 1.82) is 0 Å². The number of hydrogen-bond acceptors (Lipinski definition) is 4. The van der Waals surface area contributed by atoms with Crippen molar-refractivity contribution in [3.63, 3.8) is 0 Å². The number of anilines is 2. The van der Waals surface area contributed by atoms with Crippen LogP contribution in [0.25, 0.3) is 0 Å². The lowest BCUT2D eigenvalue weighted by Crippen LogP contribution is -2.22. The Morgan fingerprint density at radius 1 is 1.04 bits per heavy atom. The van der Waals surface area contributed by atoms with Crippen LogP contribution in [-0.2, 0) is 10.0 Å². The van der Waals surface area contributed by atoms with E-state index in [-0.39, 0.29) is 14.9 Å². The molecule has 1 saturated heterocycles. The van der Waals surface area contributed by atoms with Crippen molar-refractivity contribution in [2.24, 2.45) is 0 Å². The number of rotatable bonds is 4. The number of phenols is 1. The Hall–Kier alpha value is -1.63. The molecule has 0 unspecified atom stereocenters. The molecule has 1 aliphatic heterocycles. The van der Waals surface area contributed by atoms with E-state index in [1.54, 1.807) is 0 Å². The van der Waals surface area contributed by atoms with E-state index < -0.39 is 15.8 Å². The molecule has 140 valence electrons. The first kappa shape index (κ1) is 19.1. The number of sulfonamides is 1. The third kappa shape index (κ3) is 3.72. The highest BCUT2D eigenvalue weighted by Crippen LogP contribution is 2.37. The van der Waals surface area contributed by atoms with Crippen LogP contribution in [0, 0.1) is 13.8 Å². The van der Waals surface area contributed by atoms with Gasteiger partial charge in [-0.05, 0) is 62.1 Å². The molecular weight excluding hydrogens is 395 g/mol. The molecule has 0 bridgehead atoms. The summed E-state index contributed by atoms with van der Waals surface area (Å²) in [6.07, 6.45) is 2.15. The maximum absolute atomic E-state index is 12.9. The van der Waals surface area contributed by atoms with Crippen molar-refractivity contribution in [2.75, 3.05) is 22.7 Å². The molecule has 8 heteroatoms. The number of benzene rings is 2. The second-order valence-electron chi connectivity index (χ2n) is 6.49. The highest BCUT2D eigenvalue weighted by Gasteiger charge is 2.25. The summed E-state index contributed by atoms with van der Waals surface area (Å²) in [6, 6.07) is 6.28. The third-order valence-electron chi connectivity index (χ3n) is 4.59. The highest BCUT2D eigenvalue weighted by molar-refractivity contribution is 7.92. The van der Waals surface area contributed by atoms with Crippen LogP contribution in [0.2, 0.25) is 10.0 Å². The summed E-state index contributed by atoms with van der Waals surface area (Å²) in [5, 5.41) is 10.1. The van der Waals surface area contributed by atoms with E-state index in [4.69, 9.17) is 23.2 Å². The summed E-state index contributed by atoms with van der Waals surface area (Å²) < 4.78 is 28.4. The number of phenolic OH excluding ortho intramolecular Hbond substituents is 1. The zero-order valence-corrected chi connectivity index (χ0v) is 16.8. The summed E-state index contributed by atoms with van der Waals surface area (Å²) in [5.41, 5.74) is 3.37. The number of halogens is 2. The van der Waals surface area contributed by atoms with E-state index in [2.05, 4.69) is 9.62 Å². The van der Waals surface area contributed by atoms with Gasteiger partial charge in [0.1, 0.15) is 4.90 Å². The van der Waals surface area contributed by atoms with E-state index in [0.717, 1.165) is 42.7 Å². The Labute approximate surface area is 163 Å². The van der Waals surface area contributed by atoms with Crippen LogP contribution >= 0.6 is 23.2 Å². The van der Waals surface area contributed by atoms with Gasteiger partial charge in [0.15, 0.2) is 5.75 Å². The Balaban J connectivity index is 2.06. The second kappa shape index (κ2) is 7.18. The van der Waals surface area contributed by atoms with Gasteiger partial charge in [0, 0.05) is 18.1 Å². The quantitative estimate of drug-likeness (QED) is 0.759. The van der Waals surface area contributed by atoms with Crippen LogP contribution in [0.3, 0.4) is 0 Å². The van der Waals surface area contributed by atoms with Crippen molar-refractivity contribution in [2.45, 2.75) is 31.6 Å². The fraction of sp³-hybridized carbons (Fsp3) is 0.333. The van der Waals surface area contributed by atoms with Crippen molar-refractivity contribution in [3.8, 4) is 5.75 Å². The zero-order valence-electron chi connectivity index (χ0n) is 14.5. The van der Waals surface area contributed by atoms with E-state index in [0.29, 0.717) is 5.69 Å². The third-order valence-corrected chi connectivity index (χ3v) is 6.47. The molecule has 0 aromatic heterocycles. The second-order valence-corrected chi connectivity index (χ2v) is 8.98. The molecule has 3 rings (SSSR count). The first-order valence-electron chi connectivity index (χ1n) is 8.26. The van der Waals surface area contributed by atoms with Crippen LogP contribution in [0.1, 0.15) is 24.0 Å². The van der Waals surface area contributed by atoms with Gasteiger partial charge in [-0.2, -0.15) is 0 Å². The summed E-state index contributed by atoms with van der Waals surface area (Å²) in [7, 11) is -4.07. The zero-order chi connectivity index (χ0) is 19.1. The van der Waals surface area contributed by atoms with Crippen molar-refractivity contribution >= 4 is 44.6 Å². The van der Waals surface area contributed by atoms with Gasteiger partial charge in [0.05, 0.1) is 16.4 Å². The molecule has 0 radical (unpaired) electrons. The van der Waals surface area contributed by atoms with E-state index in [9.17, 15) is 13.5 Å². The van der Waals surface area contributed by atoms with E-state index >= 15 is 0 Å². The fourth-order valence-corrected chi connectivity index (χ4v) is 4.87. The SMILES string of the molecule is Cc1cc(NS(=O)(=O)c2cc(Cl)cc(Cl)c2O)c(N2CCCC2)cc1C. The summed E-state index contributed by atoms with van der Waals surface area (Å²) >= 11 is 11.8. The Kier molecular flexibility index (Phi) is 5.28. The minimum atomic E-state index is -4.07. The lowest BCUT2D eigenvalue weighted by Gasteiger charge is -2.23. The highest BCUT2D eigenvalue weighted by atomic mass is 35.5. The molecular formula is C18H20Cl2N2O3S. The number of nitrogens with one attached hydrogen (secondary N) is 1. The molecule has 0 saturated carbocycles. The first-order chi connectivity index (χ1) is 12.2. The largest absolute Gasteiger partial charge is 0.505 e. The monoisotopic (exact) mass is 414 g/mol. The summed E-state index contributed by atoms with van der Waals surface area (Å²) in [5.74, 6) is -0.518. The molecule has 2 N–H and O–H groups in total. The van der Waals surface area contributed by atoms with Crippen LogP contribution in [-0.4, -0.2) is 26.6 Å². The van der Waals surface area contributed by atoms with Gasteiger partial charge < -0.3 is 10.0 Å². The Bertz CT molecular complexity index is 955.